The van der Waals surface area contributed by atoms with Crippen LogP contribution >= 0.6 is 0 Å². The van der Waals surface area contributed by atoms with Crippen LogP contribution in [-0.2, 0) is 17.8 Å². The third-order valence-electron chi connectivity index (χ3n) is 5.50. The first kappa shape index (κ1) is 15.1. The van der Waals surface area contributed by atoms with Crippen molar-refractivity contribution in [2.45, 2.75) is 13.1 Å². The third-order valence-corrected chi connectivity index (χ3v) is 5.50. The van der Waals surface area contributed by atoms with Crippen molar-refractivity contribution in [3.8, 4) is 0 Å². The fourth-order valence-corrected chi connectivity index (χ4v) is 4.27. The van der Waals surface area contributed by atoms with Gasteiger partial charge in [0.1, 0.15) is 26.2 Å². The molecule has 0 amide bonds. The maximum Gasteiger partial charge on any atom is 0.105 e. The van der Waals surface area contributed by atoms with Crippen molar-refractivity contribution in [2.24, 2.45) is 0 Å². The average Bonchev–Trinajstić information content (AvgIpc) is 2.89. The van der Waals surface area contributed by atoms with Crippen LogP contribution in [0, 0.1) is 0 Å². The molecule has 0 atom stereocenters. The fourth-order valence-electron chi connectivity index (χ4n) is 4.27. The zero-order chi connectivity index (χ0) is 14.6. The SMILES string of the molecule is [Br-].c1ccc2c(c1)ccc1cc3c(cc12)C[N+]1(CCOCC1)C3. The highest BCUT2D eigenvalue weighted by Gasteiger charge is 2.37. The van der Waals surface area contributed by atoms with Gasteiger partial charge in [-0.2, -0.15) is 0 Å². The number of quaternary nitrogens is 1. The maximum absolute atomic E-state index is 5.57. The van der Waals surface area contributed by atoms with E-state index in [0.717, 1.165) is 26.3 Å². The Morgan fingerprint density at radius 2 is 1.43 bits per heavy atom. The Balaban J connectivity index is 0.00000135. The molecule has 2 aliphatic rings. The van der Waals surface area contributed by atoms with Gasteiger partial charge < -0.3 is 26.2 Å². The molecule has 2 nitrogen and oxygen atoms in total. The minimum atomic E-state index is 0. The highest BCUT2D eigenvalue weighted by molar-refractivity contribution is 6.07. The van der Waals surface area contributed by atoms with Crippen molar-refractivity contribution in [1.82, 2.24) is 0 Å². The van der Waals surface area contributed by atoms with Crippen molar-refractivity contribution in [1.29, 1.82) is 0 Å². The summed E-state index contributed by atoms with van der Waals surface area (Å²) in [6, 6.07) is 18.1. The standard InChI is InChI=1S/C20H20NO.BrH/c1-2-4-19-15(3-1)5-6-16-11-17-13-21(7-9-22-10-8-21)14-18(17)12-20(16)19;/h1-6,11-12H,7-10,13-14H2;1H/q+1;/p-1. The summed E-state index contributed by atoms with van der Waals surface area (Å²) in [5.74, 6) is 0. The summed E-state index contributed by atoms with van der Waals surface area (Å²) in [5.41, 5.74) is 3.09. The van der Waals surface area contributed by atoms with Crippen LogP contribution in [0.15, 0.2) is 48.5 Å². The van der Waals surface area contributed by atoms with Gasteiger partial charge in [0.15, 0.2) is 0 Å². The van der Waals surface area contributed by atoms with E-state index in [1.807, 2.05) is 0 Å². The molecule has 1 fully saturated rings. The number of benzene rings is 3. The van der Waals surface area contributed by atoms with Crippen molar-refractivity contribution < 1.29 is 26.2 Å². The van der Waals surface area contributed by atoms with Crippen LogP contribution in [0.2, 0.25) is 0 Å². The molecular formula is C20H20BrNO. The Labute approximate surface area is 147 Å². The molecule has 0 saturated carbocycles. The molecule has 3 heteroatoms. The van der Waals surface area contributed by atoms with E-state index in [2.05, 4.69) is 48.5 Å². The van der Waals surface area contributed by atoms with Gasteiger partial charge in [-0.3, -0.25) is 0 Å². The summed E-state index contributed by atoms with van der Waals surface area (Å²) in [6.07, 6.45) is 0. The number of hydrogen-bond donors (Lipinski definition) is 0. The second-order valence-electron chi connectivity index (χ2n) is 6.85. The van der Waals surface area contributed by atoms with E-state index in [4.69, 9.17) is 4.74 Å². The normalized spacial score (nSPS) is 19.0. The lowest BCUT2D eigenvalue weighted by atomic mass is 9.98. The number of halogens is 1. The summed E-state index contributed by atoms with van der Waals surface area (Å²) in [5, 5.41) is 5.50. The molecular weight excluding hydrogens is 350 g/mol. The van der Waals surface area contributed by atoms with Crippen LogP contribution < -0.4 is 17.0 Å². The Kier molecular flexibility index (Phi) is 3.67. The van der Waals surface area contributed by atoms with Crippen molar-refractivity contribution in [3.63, 3.8) is 0 Å². The monoisotopic (exact) mass is 369 g/mol. The zero-order valence-corrected chi connectivity index (χ0v) is 14.7. The summed E-state index contributed by atoms with van der Waals surface area (Å²) < 4.78 is 6.77. The summed E-state index contributed by atoms with van der Waals surface area (Å²) >= 11 is 0. The molecule has 0 bridgehead atoms. The molecule has 23 heavy (non-hydrogen) atoms. The minimum Gasteiger partial charge on any atom is -1.00 e. The Morgan fingerprint density at radius 3 is 2.26 bits per heavy atom. The van der Waals surface area contributed by atoms with E-state index in [-0.39, 0.29) is 17.0 Å². The fraction of sp³-hybridized carbons (Fsp3) is 0.300. The molecule has 0 aromatic heterocycles. The molecule has 1 spiro atoms. The average molecular weight is 370 g/mol. The Morgan fingerprint density at radius 1 is 0.739 bits per heavy atom. The molecule has 2 heterocycles. The first-order chi connectivity index (χ1) is 10.8. The lowest BCUT2D eigenvalue weighted by Crippen LogP contribution is -3.00. The highest BCUT2D eigenvalue weighted by Crippen LogP contribution is 2.36. The second kappa shape index (κ2) is 5.59. The van der Waals surface area contributed by atoms with Gasteiger partial charge >= 0.3 is 0 Å². The van der Waals surface area contributed by atoms with Gasteiger partial charge in [0.05, 0.1) is 13.2 Å². The molecule has 2 aliphatic heterocycles. The van der Waals surface area contributed by atoms with E-state index in [1.165, 1.54) is 39.1 Å². The molecule has 1 saturated heterocycles. The number of ether oxygens (including phenoxy) is 1. The molecule has 0 unspecified atom stereocenters. The summed E-state index contributed by atoms with van der Waals surface area (Å²) in [6.45, 7) is 6.50. The lowest BCUT2D eigenvalue weighted by Gasteiger charge is -2.37. The van der Waals surface area contributed by atoms with Crippen LogP contribution in [0.1, 0.15) is 11.1 Å². The molecule has 3 aromatic carbocycles. The molecule has 5 rings (SSSR count). The van der Waals surface area contributed by atoms with Gasteiger partial charge in [-0.05, 0) is 33.7 Å². The molecule has 0 aliphatic carbocycles. The van der Waals surface area contributed by atoms with Crippen molar-refractivity contribution in [2.75, 3.05) is 26.3 Å². The molecule has 118 valence electrons. The number of nitrogens with zero attached hydrogens (tertiary/aromatic N) is 1. The topological polar surface area (TPSA) is 9.23 Å². The van der Waals surface area contributed by atoms with Crippen LogP contribution in [0.5, 0.6) is 0 Å². The van der Waals surface area contributed by atoms with Crippen LogP contribution in [0.3, 0.4) is 0 Å². The highest BCUT2D eigenvalue weighted by atomic mass is 79.9. The van der Waals surface area contributed by atoms with Gasteiger partial charge in [-0.15, -0.1) is 0 Å². The van der Waals surface area contributed by atoms with E-state index >= 15 is 0 Å². The van der Waals surface area contributed by atoms with Crippen molar-refractivity contribution >= 4 is 21.5 Å². The van der Waals surface area contributed by atoms with Crippen LogP contribution in [-0.4, -0.2) is 30.8 Å². The van der Waals surface area contributed by atoms with Gasteiger partial charge in [-0.25, -0.2) is 0 Å². The second-order valence-corrected chi connectivity index (χ2v) is 6.85. The van der Waals surface area contributed by atoms with Gasteiger partial charge in [0, 0.05) is 11.1 Å². The van der Waals surface area contributed by atoms with E-state index in [0.29, 0.717) is 0 Å². The Hall–Kier alpha value is -1.42. The number of rotatable bonds is 0. The third kappa shape index (κ3) is 2.38. The smallest absolute Gasteiger partial charge is 0.105 e. The van der Waals surface area contributed by atoms with Gasteiger partial charge in [0.2, 0.25) is 0 Å². The maximum atomic E-state index is 5.57. The quantitative estimate of drug-likeness (QED) is 0.421. The van der Waals surface area contributed by atoms with E-state index in [1.54, 1.807) is 11.1 Å². The Bertz CT molecular complexity index is 883. The van der Waals surface area contributed by atoms with Crippen molar-refractivity contribution in [3.05, 3.63) is 59.7 Å². The van der Waals surface area contributed by atoms with E-state index < -0.39 is 0 Å². The zero-order valence-electron chi connectivity index (χ0n) is 13.1. The largest absolute Gasteiger partial charge is 1.00 e. The summed E-state index contributed by atoms with van der Waals surface area (Å²) in [7, 11) is 0. The lowest BCUT2D eigenvalue weighted by molar-refractivity contribution is -0.953. The first-order valence-electron chi connectivity index (χ1n) is 8.19. The number of fused-ring (bicyclic) bond motifs is 4. The van der Waals surface area contributed by atoms with Crippen LogP contribution in [0.4, 0.5) is 0 Å². The molecule has 0 N–H and O–H groups in total. The summed E-state index contributed by atoms with van der Waals surface area (Å²) in [4.78, 5) is 0. The predicted octanol–water partition coefficient (Wildman–Crippen LogP) is 0.858. The van der Waals surface area contributed by atoms with Gasteiger partial charge in [0.25, 0.3) is 0 Å². The first-order valence-corrected chi connectivity index (χ1v) is 8.19. The molecule has 0 radical (unpaired) electrons. The van der Waals surface area contributed by atoms with Gasteiger partial charge in [-0.1, -0.05) is 36.4 Å². The molecule has 3 aromatic rings. The minimum absolute atomic E-state index is 0. The van der Waals surface area contributed by atoms with Crippen LogP contribution in [0.25, 0.3) is 21.5 Å². The number of hydrogen-bond acceptors (Lipinski definition) is 1. The van der Waals surface area contributed by atoms with E-state index in [9.17, 15) is 0 Å². The predicted molar refractivity (Wildman–Crippen MR) is 89.7 cm³/mol. The number of morpholine rings is 1.